The van der Waals surface area contributed by atoms with Crippen molar-refractivity contribution in [1.29, 1.82) is 0 Å². The first-order chi connectivity index (χ1) is 11.3. The van der Waals surface area contributed by atoms with Gasteiger partial charge in [0.15, 0.2) is 0 Å². The van der Waals surface area contributed by atoms with Crippen LogP contribution < -0.4 is 15.8 Å². The lowest BCUT2D eigenvalue weighted by Gasteiger charge is -2.17. The van der Waals surface area contributed by atoms with Crippen LogP contribution >= 0.6 is 0 Å². The minimum atomic E-state index is -4.04. The lowest BCUT2D eigenvalue weighted by Crippen LogP contribution is -2.38. The molecule has 0 spiro atoms. The fourth-order valence-electron chi connectivity index (χ4n) is 2.21. The highest BCUT2D eigenvalue weighted by Gasteiger charge is 2.28. The van der Waals surface area contributed by atoms with E-state index in [0.29, 0.717) is 5.56 Å². The van der Waals surface area contributed by atoms with E-state index >= 15 is 0 Å². The number of sulfonamides is 1. The van der Waals surface area contributed by atoms with Gasteiger partial charge in [-0.3, -0.25) is 9.59 Å². The quantitative estimate of drug-likeness (QED) is 0.672. The van der Waals surface area contributed by atoms with Gasteiger partial charge >= 0.3 is 0 Å². The SMILES string of the molecule is CNC(=O)C(NS(=O)(=O)c1cc(C(N)=O)n(C)c1)c1ccccc1. The standard InChI is InChI=1S/C15H18N4O4S/c1-17-15(21)13(10-6-4-3-5-7-10)18-24(22,23)11-8-12(14(16)20)19(2)9-11/h3-9,13,18H,1-2H3,(H2,16,20)(H,17,21). The van der Waals surface area contributed by atoms with Gasteiger partial charge in [0.05, 0.1) is 0 Å². The molecule has 0 radical (unpaired) electrons. The summed E-state index contributed by atoms with van der Waals surface area (Å²) in [6, 6.07) is 8.51. The van der Waals surface area contributed by atoms with E-state index in [1.165, 1.54) is 24.9 Å². The molecule has 0 aliphatic heterocycles. The monoisotopic (exact) mass is 350 g/mol. The first-order valence-electron chi connectivity index (χ1n) is 7.01. The first-order valence-corrected chi connectivity index (χ1v) is 8.49. The number of nitrogens with one attached hydrogen (secondary N) is 2. The molecule has 1 aromatic heterocycles. The summed E-state index contributed by atoms with van der Waals surface area (Å²) in [5.41, 5.74) is 5.73. The molecule has 24 heavy (non-hydrogen) atoms. The van der Waals surface area contributed by atoms with Crippen molar-refractivity contribution in [2.45, 2.75) is 10.9 Å². The maximum Gasteiger partial charge on any atom is 0.265 e. The zero-order valence-corrected chi connectivity index (χ0v) is 14.0. The van der Waals surface area contributed by atoms with Crippen molar-refractivity contribution in [3.8, 4) is 0 Å². The normalized spacial score (nSPS) is 12.6. The third-order valence-electron chi connectivity index (χ3n) is 3.46. The van der Waals surface area contributed by atoms with E-state index in [9.17, 15) is 18.0 Å². The Morgan fingerprint density at radius 3 is 2.33 bits per heavy atom. The molecule has 0 aliphatic rings. The number of carbonyl (C=O) groups is 2. The van der Waals surface area contributed by atoms with Crippen LogP contribution in [-0.2, 0) is 21.9 Å². The van der Waals surface area contributed by atoms with Gasteiger partial charge in [-0.15, -0.1) is 0 Å². The zero-order chi connectivity index (χ0) is 17.9. The molecule has 1 atom stereocenters. The van der Waals surface area contributed by atoms with Crippen LogP contribution in [0.2, 0.25) is 0 Å². The number of amides is 2. The van der Waals surface area contributed by atoms with Crippen LogP contribution in [0.5, 0.6) is 0 Å². The second-order valence-electron chi connectivity index (χ2n) is 5.12. The summed E-state index contributed by atoms with van der Waals surface area (Å²) in [4.78, 5) is 23.2. The molecular weight excluding hydrogens is 332 g/mol. The predicted molar refractivity (Wildman–Crippen MR) is 87.5 cm³/mol. The number of primary amides is 1. The van der Waals surface area contributed by atoms with E-state index < -0.39 is 27.9 Å². The van der Waals surface area contributed by atoms with Crippen molar-refractivity contribution in [2.75, 3.05) is 7.05 Å². The van der Waals surface area contributed by atoms with E-state index in [2.05, 4.69) is 10.0 Å². The number of nitrogens with zero attached hydrogens (tertiary/aromatic N) is 1. The number of likely N-dealkylation sites (N-methyl/N-ethyl adjacent to an activating group) is 1. The largest absolute Gasteiger partial charge is 0.364 e. The third kappa shape index (κ3) is 3.63. The lowest BCUT2D eigenvalue weighted by molar-refractivity contribution is -0.122. The fourth-order valence-corrected chi connectivity index (χ4v) is 3.47. The van der Waals surface area contributed by atoms with Gasteiger partial charge in [-0.2, -0.15) is 4.72 Å². The van der Waals surface area contributed by atoms with Gasteiger partial charge < -0.3 is 15.6 Å². The number of rotatable bonds is 6. The van der Waals surface area contributed by atoms with Crippen LogP contribution in [-0.4, -0.2) is 31.8 Å². The number of hydrogen-bond acceptors (Lipinski definition) is 4. The van der Waals surface area contributed by atoms with Gasteiger partial charge in [-0.25, -0.2) is 8.42 Å². The molecule has 2 aromatic rings. The van der Waals surface area contributed by atoms with Crippen molar-refractivity contribution in [2.24, 2.45) is 12.8 Å². The average Bonchev–Trinajstić information content (AvgIpc) is 2.96. The Morgan fingerprint density at radius 1 is 1.21 bits per heavy atom. The predicted octanol–water partition coefficient (Wildman–Crippen LogP) is -0.110. The zero-order valence-electron chi connectivity index (χ0n) is 13.2. The molecule has 4 N–H and O–H groups in total. The summed E-state index contributed by atoms with van der Waals surface area (Å²) in [5, 5.41) is 2.43. The molecule has 1 unspecified atom stereocenters. The van der Waals surface area contributed by atoms with Gasteiger partial charge in [0, 0.05) is 20.3 Å². The van der Waals surface area contributed by atoms with Crippen LogP contribution in [0.4, 0.5) is 0 Å². The highest BCUT2D eigenvalue weighted by atomic mass is 32.2. The maximum absolute atomic E-state index is 12.6. The average molecular weight is 350 g/mol. The molecule has 0 aliphatic carbocycles. The molecule has 8 nitrogen and oxygen atoms in total. The van der Waals surface area contributed by atoms with E-state index in [4.69, 9.17) is 5.73 Å². The van der Waals surface area contributed by atoms with Crippen molar-refractivity contribution in [1.82, 2.24) is 14.6 Å². The first kappa shape index (κ1) is 17.7. The molecule has 1 aromatic carbocycles. The van der Waals surface area contributed by atoms with Gasteiger partial charge in [0.25, 0.3) is 5.91 Å². The highest BCUT2D eigenvalue weighted by Crippen LogP contribution is 2.19. The van der Waals surface area contributed by atoms with Crippen molar-refractivity contribution in [3.05, 3.63) is 53.9 Å². The highest BCUT2D eigenvalue weighted by molar-refractivity contribution is 7.89. The van der Waals surface area contributed by atoms with Crippen LogP contribution in [0.15, 0.2) is 47.5 Å². The van der Waals surface area contributed by atoms with Crippen molar-refractivity contribution < 1.29 is 18.0 Å². The van der Waals surface area contributed by atoms with E-state index in [-0.39, 0.29) is 10.6 Å². The molecule has 0 saturated carbocycles. The molecule has 0 bridgehead atoms. The molecule has 9 heteroatoms. The van der Waals surface area contributed by atoms with Crippen molar-refractivity contribution in [3.63, 3.8) is 0 Å². The Balaban J connectivity index is 2.39. The van der Waals surface area contributed by atoms with Crippen molar-refractivity contribution >= 4 is 21.8 Å². The summed E-state index contributed by atoms with van der Waals surface area (Å²) in [6.07, 6.45) is 1.26. The number of benzene rings is 1. The Labute approximate surface area is 139 Å². The number of aryl methyl sites for hydroxylation is 1. The van der Waals surface area contributed by atoms with Gasteiger partial charge in [0.2, 0.25) is 15.9 Å². The topological polar surface area (TPSA) is 123 Å². The summed E-state index contributed by atoms with van der Waals surface area (Å²) in [5.74, 6) is -1.25. The Bertz CT molecular complexity index is 859. The second-order valence-corrected chi connectivity index (χ2v) is 6.83. The molecule has 0 fully saturated rings. The van der Waals surface area contributed by atoms with Crippen LogP contribution in [0, 0.1) is 0 Å². The number of aromatic nitrogens is 1. The Hall–Kier alpha value is -2.65. The molecule has 2 amide bonds. The van der Waals surface area contributed by atoms with Gasteiger partial charge in [0.1, 0.15) is 16.6 Å². The number of carbonyl (C=O) groups excluding carboxylic acids is 2. The Morgan fingerprint density at radius 2 is 1.83 bits per heavy atom. The number of hydrogen-bond donors (Lipinski definition) is 3. The minimum absolute atomic E-state index is 0.0478. The van der Waals surface area contributed by atoms with Gasteiger partial charge in [-0.05, 0) is 11.6 Å². The maximum atomic E-state index is 12.6. The smallest absolute Gasteiger partial charge is 0.265 e. The fraction of sp³-hybridized carbons (Fsp3) is 0.200. The summed E-state index contributed by atoms with van der Waals surface area (Å²) < 4.78 is 28.8. The molecule has 1 heterocycles. The van der Waals surface area contributed by atoms with E-state index in [1.54, 1.807) is 30.3 Å². The third-order valence-corrected chi connectivity index (χ3v) is 4.85. The van der Waals surface area contributed by atoms with Crippen LogP contribution in [0.25, 0.3) is 0 Å². The number of nitrogens with two attached hydrogens (primary N) is 1. The van der Waals surface area contributed by atoms with Crippen LogP contribution in [0.1, 0.15) is 22.1 Å². The summed E-state index contributed by atoms with van der Waals surface area (Å²) >= 11 is 0. The molecule has 128 valence electrons. The lowest BCUT2D eigenvalue weighted by atomic mass is 10.1. The van der Waals surface area contributed by atoms with E-state index in [0.717, 1.165) is 6.07 Å². The second kappa shape index (κ2) is 6.85. The molecule has 2 rings (SSSR count). The van der Waals surface area contributed by atoms with Gasteiger partial charge in [-0.1, -0.05) is 30.3 Å². The van der Waals surface area contributed by atoms with Crippen LogP contribution in [0.3, 0.4) is 0 Å². The van der Waals surface area contributed by atoms with E-state index in [1.807, 2.05) is 0 Å². The molecule has 0 saturated heterocycles. The molecular formula is C15H18N4O4S. The summed E-state index contributed by atoms with van der Waals surface area (Å²) in [6.45, 7) is 0. The minimum Gasteiger partial charge on any atom is -0.364 e. The Kier molecular flexibility index (Phi) is 5.05. The summed E-state index contributed by atoms with van der Waals surface area (Å²) in [7, 11) is -1.11.